The molecule has 1 aliphatic rings. The molecular weight excluding hydrogens is 314 g/mol. The van der Waals surface area contributed by atoms with Crippen molar-refractivity contribution in [1.82, 2.24) is 15.0 Å². The van der Waals surface area contributed by atoms with Crippen LogP contribution >= 0.6 is 0 Å². The van der Waals surface area contributed by atoms with E-state index in [1.165, 1.54) is 11.1 Å². The Hall–Kier alpha value is -3.21. The second kappa shape index (κ2) is 6.73. The Kier molecular flexibility index (Phi) is 4.12. The summed E-state index contributed by atoms with van der Waals surface area (Å²) in [5.41, 5.74) is 3.63. The zero-order chi connectivity index (χ0) is 17.1. The van der Waals surface area contributed by atoms with Crippen molar-refractivity contribution in [1.29, 1.82) is 0 Å². The molecule has 0 unspecified atom stereocenters. The number of amides is 1. The SMILES string of the molecule is O=C(c1cc(-c2cccnc2)on1)N1CC=C(c2ccccc2)CC1. The minimum Gasteiger partial charge on any atom is -0.355 e. The number of rotatable bonds is 3. The van der Waals surface area contributed by atoms with Crippen LogP contribution in [0, 0.1) is 0 Å². The van der Waals surface area contributed by atoms with Gasteiger partial charge in [-0.25, -0.2) is 0 Å². The molecule has 5 heteroatoms. The van der Waals surface area contributed by atoms with Crippen molar-refractivity contribution in [2.24, 2.45) is 0 Å². The summed E-state index contributed by atoms with van der Waals surface area (Å²) in [6.45, 7) is 1.26. The predicted octanol–water partition coefficient (Wildman–Crippen LogP) is 3.67. The zero-order valence-corrected chi connectivity index (χ0v) is 13.6. The van der Waals surface area contributed by atoms with Crippen LogP contribution in [0.25, 0.3) is 16.9 Å². The van der Waals surface area contributed by atoms with Crippen LogP contribution in [0.3, 0.4) is 0 Å². The van der Waals surface area contributed by atoms with E-state index in [4.69, 9.17) is 4.52 Å². The maximum Gasteiger partial charge on any atom is 0.276 e. The van der Waals surface area contributed by atoms with E-state index in [1.54, 1.807) is 23.4 Å². The van der Waals surface area contributed by atoms with Gasteiger partial charge in [-0.15, -0.1) is 0 Å². The number of carbonyl (C=O) groups excluding carboxylic acids is 1. The average Bonchev–Trinajstić information content (AvgIpc) is 3.19. The Morgan fingerprint density at radius 1 is 1.08 bits per heavy atom. The highest BCUT2D eigenvalue weighted by atomic mass is 16.5. The molecule has 4 rings (SSSR count). The summed E-state index contributed by atoms with van der Waals surface area (Å²) < 4.78 is 5.30. The molecule has 1 amide bonds. The van der Waals surface area contributed by atoms with Gasteiger partial charge < -0.3 is 9.42 Å². The van der Waals surface area contributed by atoms with Crippen LogP contribution in [0.4, 0.5) is 0 Å². The molecule has 3 heterocycles. The number of benzene rings is 1. The van der Waals surface area contributed by atoms with E-state index < -0.39 is 0 Å². The van der Waals surface area contributed by atoms with Crippen LogP contribution < -0.4 is 0 Å². The first-order chi connectivity index (χ1) is 12.3. The lowest BCUT2D eigenvalue weighted by Crippen LogP contribution is -2.34. The predicted molar refractivity (Wildman–Crippen MR) is 94.7 cm³/mol. The van der Waals surface area contributed by atoms with Gasteiger partial charge in [0.05, 0.1) is 0 Å². The van der Waals surface area contributed by atoms with Crippen LogP contribution in [0.2, 0.25) is 0 Å². The monoisotopic (exact) mass is 331 g/mol. The van der Waals surface area contributed by atoms with Crippen molar-refractivity contribution in [2.75, 3.05) is 13.1 Å². The fourth-order valence-corrected chi connectivity index (χ4v) is 2.95. The van der Waals surface area contributed by atoms with Gasteiger partial charge in [-0.1, -0.05) is 41.6 Å². The molecule has 0 aliphatic carbocycles. The zero-order valence-electron chi connectivity index (χ0n) is 13.6. The van der Waals surface area contributed by atoms with Gasteiger partial charge in [-0.3, -0.25) is 9.78 Å². The molecule has 0 saturated heterocycles. The summed E-state index contributed by atoms with van der Waals surface area (Å²) in [7, 11) is 0. The minimum atomic E-state index is -0.109. The molecule has 3 aromatic rings. The summed E-state index contributed by atoms with van der Waals surface area (Å²) in [5, 5.41) is 3.93. The molecule has 0 saturated carbocycles. The van der Waals surface area contributed by atoms with E-state index in [2.05, 4.69) is 28.3 Å². The smallest absolute Gasteiger partial charge is 0.276 e. The summed E-state index contributed by atoms with van der Waals surface area (Å²) in [4.78, 5) is 18.5. The largest absolute Gasteiger partial charge is 0.355 e. The van der Waals surface area contributed by atoms with Crippen LogP contribution in [-0.4, -0.2) is 34.0 Å². The Balaban J connectivity index is 1.48. The van der Waals surface area contributed by atoms with Gasteiger partial charge >= 0.3 is 0 Å². The lowest BCUT2D eigenvalue weighted by Gasteiger charge is -2.25. The summed E-state index contributed by atoms with van der Waals surface area (Å²) in [6, 6.07) is 15.6. The number of pyridine rings is 1. The highest BCUT2D eigenvalue weighted by Crippen LogP contribution is 2.24. The van der Waals surface area contributed by atoms with E-state index in [-0.39, 0.29) is 5.91 Å². The molecule has 5 nitrogen and oxygen atoms in total. The number of aromatic nitrogens is 2. The van der Waals surface area contributed by atoms with Gasteiger partial charge in [0, 0.05) is 37.1 Å². The standard InChI is InChI=1S/C20H17N3O2/c24-20(18-13-19(25-22-18)17-7-4-10-21-14-17)23-11-8-16(9-12-23)15-5-2-1-3-6-15/h1-8,10,13-14H,9,11-12H2. The lowest BCUT2D eigenvalue weighted by molar-refractivity contribution is 0.0762. The van der Waals surface area contributed by atoms with E-state index >= 15 is 0 Å². The van der Waals surface area contributed by atoms with Crippen molar-refractivity contribution in [3.05, 3.63) is 78.3 Å². The van der Waals surface area contributed by atoms with Gasteiger partial charge in [0.25, 0.3) is 5.91 Å². The fraction of sp³-hybridized carbons (Fsp3) is 0.150. The molecule has 0 spiro atoms. The van der Waals surface area contributed by atoms with E-state index in [0.29, 0.717) is 24.5 Å². The van der Waals surface area contributed by atoms with Crippen LogP contribution in [0.5, 0.6) is 0 Å². The molecule has 2 aromatic heterocycles. The molecular formula is C20H17N3O2. The number of hydrogen-bond donors (Lipinski definition) is 0. The fourth-order valence-electron chi connectivity index (χ4n) is 2.95. The first-order valence-corrected chi connectivity index (χ1v) is 8.22. The maximum atomic E-state index is 12.6. The molecule has 0 atom stereocenters. The summed E-state index contributed by atoms with van der Waals surface area (Å²) in [5.74, 6) is 0.441. The third kappa shape index (κ3) is 3.21. The second-order valence-electron chi connectivity index (χ2n) is 5.91. The highest BCUT2D eigenvalue weighted by Gasteiger charge is 2.22. The Morgan fingerprint density at radius 2 is 1.92 bits per heavy atom. The van der Waals surface area contributed by atoms with Crippen LogP contribution in [0.15, 0.2) is 71.5 Å². The van der Waals surface area contributed by atoms with E-state index in [0.717, 1.165) is 12.0 Å². The molecule has 0 radical (unpaired) electrons. The molecule has 0 bridgehead atoms. The van der Waals surface area contributed by atoms with Crippen molar-refractivity contribution >= 4 is 11.5 Å². The second-order valence-corrected chi connectivity index (χ2v) is 5.91. The highest BCUT2D eigenvalue weighted by molar-refractivity contribution is 5.93. The average molecular weight is 331 g/mol. The molecule has 124 valence electrons. The third-order valence-corrected chi connectivity index (χ3v) is 4.32. The topological polar surface area (TPSA) is 59.2 Å². The van der Waals surface area contributed by atoms with Gasteiger partial charge in [-0.2, -0.15) is 0 Å². The van der Waals surface area contributed by atoms with Crippen molar-refractivity contribution < 1.29 is 9.32 Å². The molecule has 0 N–H and O–H groups in total. The Labute approximate surface area is 145 Å². The van der Waals surface area contributed by atoms with E-state index in [9.17, 15) is 4.79 Å². The van der Waals surface area contributed by atoms with Crippen LogP contribution in [-0.2, 0) is 0 Å². The van der Waals surface area contributed by atoms with Crippen molar-refractivity contribution in [2.45, 2.75) is 6.42 Å². The number of nitrogens with zero attached hydrogens (tertiary/aromatic N) is 3. The van der Waals surface area contributed by atoms with E-state index in [1.807, 2.05) is 30.3 Å². The Bertz CT molecular complexity index is 901. The quantitative estimate of drug-likeness (QED) is 0.735. The van der Waals surface area contributed by atoms with Gasteiger partial charge in [0.15, 0.2) is 11.5 Å². The first kappa shape index (κ1) is 15.3. The number of hydrogen-bond acceptors (Lipinski definition) is 4. The lowest BCUT2D eigenvalue weighted by atomic mass is 9.99. The van der Waals surface area contributed by atoms with Crippen LogP contribution in [0.1, 0.15) is 22.5 Å². The molecule has 1 aliphatic heterocycles. The maximum absolute atomic E-state index is 12.6. The Morgan fingerprint density at radius 3 is 2.64 bits per heavy atom. The summed E-state index contributed by atoms with van der Waals surface area (Å²) in [6.07, 6.45) is 6.32. The minimum absolute atomic E-state index is 0.109. The van der Waals surface area contributed by atoms with Crippen molar-refractivity contribution in [3.63, 3.8) is 0 Å². The molecule has 1 aromatic carbocycles. The number of carbonyl (C=O) groups is 1. The van der Waals surface area contributed by atoms with Gasteiger partial charge in [0.1, 0.15) is 0 Å². The molecule has 0 fully saturated rings. The first-order valence-electron chi connectivity index (χ1n) is 8.22. The third-order valence-electron chi connectivity index (χ3n) is 4.32. The van der Waals surface area contributed by atoms with Gasteiger partial charge in [-0.05, 0) is 29.7 Å². The molecule has 25 heavy (non-hydrogen) atoms. The van der Waals surface area contributed by atoms with Gasteiger partial charge in [0.2, 0.25) is 0 Å². The van der Waals surface area contributed by atoms with Crippen molar-refractivity contribution in [3.8, 4) is 11.3 Å². The normalized spacial score (nSPS) is 14.2. The summed E-state index contributed by atoms with van der Waals surface area (Å²) >= 11 is 0.